The van der Waals surface area contributed by atoms with Crippen molar-refractivity contribution < 1.29 is 14.7 Å². The fourth-order valence-corrected chi connectivity index (χ4v) is 2.65. The van der Waals surface area contributed by atoms with Crippen LogP contribution < -0.4 is 5.32 Å². The van der Waals surface area contributed by atoms with E-state index < -0.39 is 5.97 Å². The lowest BCUT2D eigenvalue weighted by Crippen LogP contribution is -2.19. The van der Waals surface area contributed by atoms with Crippen molar-refractivity contribution >= 4 is 29.3 Å². The highest BCUT2D eigenvalue weighted by molar-refractivity contribution is 7.98. The number of rotatable bonds is 7. The van der Waals surface area contributed by atoms with E-state index in [9.17, 15) is 9.59 Å². The average molecular weight is 309 g/mol. The normalized spacial score (nSPS) is 11.2. The first-order valence-corrected chi connectivity index (χ1v) is 8.10. The molecular weight excluding hydrogens is 286 g/mol. The highest BCUT2D eigenvalue weighted by atomic mass is 32.2. The number of amides is 1. The molecule has 4 nitrogen and oxygen atoms in total. The van der Waals surface area contributed by atoms with Gasteiger partial charge >= 0.3 is 5.97 Å². The summed E-state index contributed by atoms with van der Waals surface area (Å²) < 4.78 is 0. The van der Waals surface area contributed by atoms with E-state index in [1.165, 1.54) is 0 Å². The van der Waals surface area contributed by atoms with Gasteiger partial charge in [0.15, 0.2) is 0 Å². The van der Waals surface area contributed by atoms with Crippen LogP contribution in [0.25, 0.3) is 0 Å². The van der Waals surface area contributed by atoms with Gasteiger partial charge in [-0.1, -0.05) is 32.9 Å². The summed E-state index contributed by atoms with van der Waals surface area (Å²) in [7, 11) is 0. The van der Waals surface area contributed by atoms with Gasteiger partial charge in [0.1, 0.15) is 0 Å². The second-order valence-corrected chi connectivity index (χ2v) is 7.29. The van der Waals surface area contributed by atoms with E-state index >= 15 is 0 Å². The van der Waals surface area contributed by atoms with Gasteiger partial charge in [-0.05, 0) is 23.1 Å². The quantitative estimate of drug-likeness (QED) is 0.752. The number of nitrogens with one attached hydrogen (secondary N) is 1. The number of hydrogen-bond donors (Lipinski definition) is 2. The number of thioether (sulfide) groups is 1. The highest BCUT2D eigenvalue weighted by Gasteiger charge is 2.15. The maximum absolute atomic E-state index is 11.9. The van der Waals surface area contributed by atoms with Crippen LogP contribution in [0, 0.1) is 5.41 Å². The van der Waals surface area contributed by atoms with Crippen molar-refractivity contribution in [2.45, 2.75) is 39.4 Å². The van der Waals surface area contributed by atoms with Crippen molar-refractivity contribution in [3.05, 3.63) is 29.8 Å². The molecule has 0 fully saturated rings. The van der Waals surface area contributed by atoms with Gasteiger partial charge in [-0.25, -0.2) is 0 Å². The van der Waals surface area contributed by atoms with Crippen LogP contribution in [0.4, 0.5) is 5.69 Å². The Kier molecular flexibility index (Phi) is 6.75. The molecule has 1 amide bonds. The largest absolute Gasteiger partial charge is 0.481 e. The number of anilines is 1. The predicted molar refractivity (Wildman–Crippen MR) is 87.6 cm³/mol. The van der Waals surface area contributed by atoms with Gasteiger partial charge in [0, 0.05) is 23.6 Å². The maximum atomic E-state index is 11.9. The zero-order chi connectivity index (χ0) is 15.9. The van der Waals surface area contributed by atoms with Crippen LogP contribution in [0.5, 0.6) is 0 Å². The molecule has 0 bridgehead atoms. The Morgan fingerprint density at radius 2 is 2.00 bits per heavy atom. The number of carboxylic acids is 1. The van der Waals surface area contributed by atoms with Gasteiger partial charge < -0.3 is 10.4 Å². The first-order valence-electron chi connectivity index (χ1n) is 6.94. The van der Waals surface area contributed by atoms with Crippen LogP contribution in [0.2, 0.25) is 0 Å². The third kappa shape index (κ3) is 8.40. The molecule has 0 radical (unpaired) electrons. The van der Waals surface area contributed by atoms with Crippen molar-refractivity contribution in [2.75, 3.05) is 11.1 Å². The van der Waals surface area contributed by atoms with Crippen molar-refractivity contribution in [3.63, 3.8) is 0 Å². The van der Waals surface area contributed by atoms with Crippen molar-refractivity contribution in [1.29, 1.82) is 0 Å². The Morgan fingerprint density at radius 1 is 1.29 bits per heavy atom. The number of aliphatic carboxylic acids is 1. The van der Waals surface area contributed by atoms with Gasteiger partial charge in [-0.15, -0.1) is 0 Å². The maximum Gasteiger partial charge on any atom is 0.304 e. The van der Waals surface area contributed by atoms with E-state index in [1.54, 1.807) is 11.8 Å². The van der Waals surface area contributed by atoms with Crippen LogP contribution >= 0.6 is 11.8 Å². The number of carbonyl (C=O) groups excluding carboxylic acids is 1. The predicted octanol–water partition coefficient (Wildman–Crippen LogP) is 3.77. The number of carbonyl (C=O) groups is 2. The fourth-order valence-electron chi connectivity index (χ4n) is 1.78. The number of benzene rings is 1. The molecule has 116 valence electrons. The van der Waals surface area contributed by atoms with E-state index in [2.05, 4.69) is 5.32 Å². The molecule has 1 aromatic carbocycles. The van der Waals surface area contributed by atoms with Gasteiger partial charge in [-0.2, -0.15) is 11.8 Å². The minimum atomic E-state index is -0.773. The second-order valence-electron chi connectivity index (χ2n) is 6.18. The standard InChI is InChI=1S/C16H23NO3S/c1-16(2,3)10-14(18)17-13-6-4-5-12(9-13)11-21-8-7-15(19)20/h4-6,9H,7-8,10-11H2,1-3H3,(H,17,18)(H,19,20). The second kappa shape index (κ2) is 8.08. The Labute approximate surface area is 130 Å². The summed E-state index contributed by atoms with van der Waals surface area (Å²) in [5, 5.41) is 11.5. The van der Waals surface area contributed by atoms with Crippen LogP contribution in [0.15, 0.2) is 24.3 Å². The minimum Gasteiger partial charge on any atom is -0.481 e. The van der Waals surface area contributed by atoms with Crippen LogP contribution in [-0.2, 0) is 15.3 Å². The summed E-state index contributed by atoms with van der Waals surface area (Å²) in [6, 6.07) is 7.69. The topological polar surface area (TPSA) is 66.4 Å². The molecule has 5 heteroatoms. The van der Waals surface area contributed by atoms with E-state index in [1.807, 2.05) is 45.0 Å². The van der Waals surface area contributed by atoms with Crippen molar-refractivity contribution in [2.24, 2.45) is 5.41 Å². The Hall–Kier alpha value is -1.49. The highest BCUT2D eigenvalue weighted by Crippen LogP contribution is 2.21. The summed E-state index contributed by atoms with van der Waals surface area (Å²) in [4.78, 5) is 22.3. The average Bonchev–Trinajstić information content (AvgIpc) is 2.32. The molecule has 0 aliphatic rings. The number of carboxylic acid groups (broad SMARTS) is 1. The third-order valence-corrected chi connectivity index (χ3v) is 3.66. The molecule has 0 aliphatic heterocycles. The lowest BCUT2D eigenvalue weighted by Gasteiger charge is -2.17. The SMILES string of the molecule is CC(C)(C)CC(=O)Nc1cccc(CSCCC(=O)O)c1. The van der Waals surface area contributed by atoms with Gasteiger partial charge in [0.05, 0.1) is 6.42 Å². The third-order valence-electron chi connectivity index (χ3n) is 2.63. The monoisotopic (exact) mass is 309 g/mol. The Bertz CT molecular complexity index is 495. The van der Waals surface area contributed by atoms with E-state index in [0.717, 1.165) is 17.0 Å². The van der Waals surface area contributed by atoms with E-state index in [-0.39, 0.29) is 17.7 Å². The van der Waals surface area contributed by atoms with E-state index in [4.69, 9.17) is 5.11 Å². The summed E-state index contributed by atoms with van der Waals surface area (Å²) in [6.45, 7) is 6.09. The summed E-state index contributed by atoms with van der Waals surface area (Å²) in [5.41, 5.74) is 1.84. The molecule has 2 N–H and O–H groups in total. The summed E-state index contributed by atoms with van der Waals surface area (Å²) >= 11 is 1.58. The van der Waals surface area contributed by atoms with Crippen LogP contribution in [0.1, 0.15) is 39.2 Å². The molecule has 0 heterocycles. The molecule has 0 aromatic heterocycles. The van der Waals surface area contributed by atoms with Crippen molar-refractivity contribution in [1.82, 2.24) is 0 Å². The van der Waals surface area contributed by atoms with Crippen LogP contribution in [0.3, 0.4) is 0 Å². The minimum absolute atomic E-state index is 0.0122. The zero-order valence-corrected chi connectivity index (χ0v) is 13.6. The zero-order valence-electron chi connectivity index (χ0n) is 12.8. The lowest BCUT2D eigenvalue weighted by atomic mass is 9.92. The molecule has 0 saturated carbocycles. The molecule has 1 aromatic rings. The first-order chi connectivity index (χ1) is 9.76. The smallest absolute Gasteiger partial charge is 0.304 e. The number of hydrogen-bond acceptors (Lipinski definition) is 3. The Balaban J connectivity index is 2.48. The summed E-state index contributed by atoms with van der Waals surface area (Å²) in [5.74, 6) is 0.579. The van der Waals surface area contributed by atoms with Gasteiger partial charge in [-0.3, -0.25) is 9.59 Å². The molecule has 1 rings (SSSR count). The molecular formula is C16H23NO3S. The van der Waals surface area contributed by atoms with E-state index in [0.29, 0.717) is 12.2 Å². The summed E-state index contributed by atoms with van der Waals surface area (Å²) in [6.07, 6.45) is 0.650. The molecule has 0 saturated heterocycles. The van der Waals surface area contributed by atoms with Gasteiger partial charge in [0.25, 0.3) is 0 Å². The molecule has 0 spiro atoms. The lowest BCUT2D eigenvalue weighted by molar-refractivity contribution is -0.136. The van der Waals surface area contributed by atoms with Gasteiger partial charge in [0.2, 0.25) is 5.91 Å². The fraction of sp³-hybridized carbons (Fsp3) is 0.500. The van der Waals surface area contributed by atoms with Crippen LogP contribution in [-0.4, -0.2) is 22.7 Å². The first kappa shape index (κ1) is 17.6. The molecule has 21 heavy (non-hydrogen) atoms. The molecule has 0 unspecified atom stereocenters. The molecule has 0 atom stereocenters. The molecule has 0 aliphatic carbocycles. The van der Waals surface area contributed by atoms with Crippen molar-refractivity contribution in [3.8, 4) is 0 Å². The Morgan fingerprint density at radius 3 is 2.62 bits per heavy atom.